The van der Waals surface area contributed by atoms with Crippen LogP contribution in [-0.4, -0.2) is 18.5 Å². The molecule has 0 aliphatic rings. The summed E-state index contributed by atoms with van der Waals surface area (Å²) in [5, 5.41) is 0. The Morgan fingerprint density at radius 1 is 1.06 bits per heavy atom. The molecule has 0 saturated heterocycles. The molecule has 1 heterocycles. The molecular formula is C9H9F6NOS. The van der Waals surface area contributed by atoms with Gasteiger partial charge in [-0.2, -0.15) is 26.3 Å². The lowest BCUT2D eigenvalue weighted by molar-refractivity contribution is -0.324. The zero-order valence-corrected chi connectivity index (χ0v) is 9.62. The van der Waals surface area contributed by atoms with Crippen LogP contribution in [0.25, 0.3) is 0 Å². The number of hydrogen-bond donors (Lipinski definition) is 1. The van der Waals surface area contributed by atoms with Crippen molar-refractivity contribution >= 4 is 11.3 Å². The fourth-order valence-corrected chi connectivity index (χ4v) is 1.97. The third-order valence-corrected chi connectivity index (χ3v) is 2.99. The van der Waals surface area contributed by atoms with Gasteiger partial charge in [0.25, 0.3) is 0 Å². The summed E-state index contributed by atoms with van der Waals surface area (Å²) in [7, 11) is 0. The van der Waals surface area contributed by atoms with Crippen molar-refractivity contribution in [2.24, 2.45) is 5.73 Å². The Balaban J connectivity index is 2.68. The standard InChI is InChI=1S/C9H9F6NOS/c10-8(11,12)7(9(13,14)15)17-4-6-2-1-5(3-16)18-6/h1-2,7H,3-4,16H2. The van der Waals surface area contributed by atoms with Crippen molar-refractivity contribution in [3.63, 3.8) is 0 Å². The highest BCUT2D eigenvalue weighted by molar-refractivity contribution is 7.11. The summed E-state index contributed by atoms with van der Waals surface area (Å²) in [5.74, 6) is 0. The fraction of sp³-hybridized carbons (Fsp3) is 0.556. The second kappa shape index (κ2) is 5.45. The van der Waals surface area contributed by atoms with Gasteiger partial charge in [-0.3, -0.25) is 0 Å². The molecule has 0 spiro atoms. The molecule has 2 N–H and O–H groups in total. The molecule has 18 heavy (non-hydrogen) atoms. The minimum absolute atomic E-state index is 0.173. The Morgan fingerprint density at radius 3 is 1.94 bits per heavy atom. The van der Waals surface area contributed by atoms with Gasteiger partial charge in [0.15, 0.2) is 0 Å². The Hall–Kier alpha value is -0.800. The molecule has 0 saturated carbocycles. The maximum Gasteiger partial charge on any atom is 0.423 e. The lowest BCUT2D eigenvalue weighted by Crippen LogP contribution is -2.44. The summed E-state index contributed by atoms with van der Waals surface area (Å²) in [6.45, 7) is -0.582. The molecule has 0 amide bonds. The minimum Gasteiger partial charge on any atom is -0.355 e. The number of ether oxygens (including phenoxy) is 1. The Morgan fingerprint density at radius 2 is 1.56 bits per heavy atom. The van der Waals surface area contributed by atoms with Gasteiger partial charge >= 0.3 is 12.4 Å². The van der Waals surface area contributed by atoms with E-state index >= 15 is 0 Å². The zero-order valence-electron chi connectivity index (χ0n) is 8.81. The van der Waals surface area contributed by atoms with E-state index in [1.165, 1.54) is 12.1 Å². The zero-order chi connectivity index (χ0) is 14.0. The molecule has 2 nitrogen and oxygen atoms in total. The quantitative estimate of drug-likeness (QED) is 0.865. The summed E-state index contributed by atoms with van der Waals surface area (Å²) in [6, 6.07) is 2.91. The van der Waals surface area contributed by atoms with Gasteiger partial charge in [-0.25, -0.2) is 0 Å². The van der Waals surface area contributed by atoms with Gasteiger partial charge in [-0.05, 0) is 12.1 Å². The molecule has 0 atom stereocenters. The number of nitrogens with two attached hydrogens (primary N) is 1. The summed E-state index contributed by atoms with van der Waals surface area (Å²) < 4.78 is 76.7. The van der Waals surface area contributed by atoms with Gasteiger partial charge in [-0.15, -0.1) is 11.3 Å². The van der Waals surface area contributed by atoms with Gasteiger partial charge in [-0.1, -0.05) is 0 Å². The topological polar surface area (TPSA) is 35.2 Å². The molecule has 0 aliphatic heterocycles. The Bertz CT molecular complexity index is 371. The Kier molecular flexibility index (Phi) is 4.62. The number of thiophene rings is 1. The monoisotopic (exact) mass is 293 g/mol. The van der Waals surface area contributed by atoms with E-state index < -0.39 is 25.1 Å². The van der Waals surface area contributed by atoms with Crippen LogP contribution in [0.1, 0.15) is 9.75 Å². The maximum atomic E-state index is 12.1. The van der Waals surface area contributed by atoms with Gasteiger partial charge in [0.05, 0.1) is 6.61 Å². The average molecular weight is 293 g/mol. The van der Waals surface area contributed by atoms with Crippen LogP contribution >= 0.6 is 11.3 Å². The first-order valence-corrected chi connectivity index (χ1v) is 5.49. The lowest BCUT2D eigenvalue weighted by Gasteiger charge is -2.22. The van der Waals surface area contributed by atoms with Crippen molar-refractivity contribution < 1.29 is 31.1 Å². The van der Waals surface area contributed by atoms with Gasteiger partial charge in [0, 0.05) is 16.3 Å². The summed E-state index contributed by atoms with van der Waals surface area (Å²) in [4.78, 5) is 0.915. The second-order valence-corrected chi connectivity index (χ2v) is 4.60. The lowest BCUT2D eigenvalue weighted by atomic mass is 10.3. The van der Waals surface area contributed by atoms with Crippen molar-refractivity contribution in [3.05, 3.63) is 21.9 Å². The predicted molar refractivity (Wildman–Crippen MR) is 52.9 cm³/mol. The first kappa shape index (κ1) is 15.3. The summed E-state index contributed by atoms with van der Waals surface area (Å²) in [6.07, 6.45) is -14.7. The number of halogens is 6. The van der Waals surface area contributed by atoms with Crippen molar-refractivity contribution in [2.45, 2.75) is 31.6 Å². The molecule has 1 aromatic rings. The molecule has 0 aliphatic carbocycles. The largest absolute Gasteiger partial charge is 0.423 e. The van der Waals surface area contributed by atoms with Gasteiger partial charge < -0.3 is 10.5 Å². The van der Waals surface area contributed by atoms with E-state index in [-0.39, 0.29) is 11.4 Å². The smallest absolute Gasteiger partial charge is 0.355 e. The summed E-state index contributed by atoms with van der Waals surface area (Å²) >= 11 is 1.01. The van der Waals surface area contributed by atoms with Crippen LogP contribution in [0.5, 0.6) is 0 Å². The molecule has 0 bridgehead atoms. The molecule has 0 aromatic carbocycles. The van der Waals surface area contributed by atoms with Crippen LogP contribution in [0.15, 0.2) is 12.1 Å². The maximum absolute atomic E-state index is 12.1. The SMILES string of the molecule is NCc1ccc(COC(C(F)(F)F)C(F)(F)F)s1. The number of rotatable bonds is 4. The van der Waals surface area contributed by atoms with Crippen molar-refractivity contribution in [1.82, 2.24) is 0 Å². The highest BCUT2D eigenvalue weighted by Crippen LogP contribution is 2.36. The summed E-state index contributed by atoms with van der Waals surface area (Å²) in [5.41, 5.74) is 5.27. The first-order chi connectivity index (χ1) is 8.14. The minimum atomic E-state index is -5.48. The molecule has 0 unspecified atom stereocenters. The van der Waals surface area contributed by atoms with Crippen LogP contribution in [0.3, 0.4) is 0 Å². The predicted octanol–water partition coefficient (Wildman–Crippen LogP) is 3.22. The normalized spacial score (nSPS) is 13.3. The highest BCUT2D eigenvalue weighted by atomic mass is 32.1. The molecular weight excluding hydrogens is 284 g/mol. The van der Waals surface area contributed by atoms with Gasteiger partial charge in [0.2, 0.25) is 6.10 Å². The fourth-order valence-electron chi connectivity index (χ4n) is 1.15. The second-order valence-electron chi connectivity index (χ2n) is 3.35. The number of hydrogen-bond acceptors (Lipinski definition) is 3. The first-order valence-electron chi connectivity index (χ1n) is 4.67. The highest BCUT2D eigenvalue weighted by Gasteiger charge is 2.57. The van der Waals surface area contributed by atoms with E-state index in [1.807, 2.05) is 0 Å². The van der Waals surface area contributed by atoms with E-state index in [0.717, 1.165) is 11.3 Å². The third-order valence-electron chi connectivity index (χ3n) is 1.91. The van der Waals surface area contributed by atoms with Gasteiger partial charge in [0.1, 0.15) is 0 Å². The van der Waals surface area contributed by atoms with Crippen LogP contribution < -0.4 is 5.73 Å². The van der Waals surface area contributed by atoms with Crippen LogP contribution in [0.4, 0.5) is 26.3 Å². The molecule has 1 aromatic heterocycles. The van der Waals surface area contributed by atoms with E-state index in [9.17, 15) is 26.3 Å². The van der Waals surface area contributed by atoms with Crippen LogP contribution in [0, 0.1) is 0 Å². The third kappa shape index (κ3) is 4.14. The number of alkyl halides is 6. The molecule has 9 heteroatoms. The van der Waals surface area contributed by atoms with Crippen molar-refractivity contribution in [3.8, 4) is 0 Å². The van der Waals surface area contributed by atoms with Crippen molar-refractivity contribution in [1.29, 1.82) is 0 Å². The van der Waals surface area contributed by atoms with E-state index in [4.69, 9.17) is 5.73 Å². The van der Waals surface area contributed by atoms with Crippen LogP contribution in [0.2, 0.25) is 0 Å². The van der Waals surface area contributed by atoms with E-state index in [1.54, 1.807) is 0 Å². The molecule has 104 valence electrons. The van der Waals surface area contributed by atoms with E-state index in [2.05, 4.69) is 4.74 Å². The van der Waals surface area contributed by atoms with E-state index in [0.29, 0.717) is 4.88 Å². The molecule has 1 rings (SSSR count). The molecule has 0 fully saturated rings. The molecule has 0 radical (unpaired) electrons. The average Bonchev–Trinajstić information content (AvgIpc) is 2.61. The Labute approximate surface area is 102 Å². The van der Waals surface area contributed by atoms with Crippen molar-refractivity contribution in [2.75, 3.05) is 0 Å². The van der Waals surface area contributed by atoms with Crippen LogP contribution in [-0.2, 0) is 17.9 Å².